The van der Waals surface area contributed by atoms with Gasteiger partial charge < -0.3 is 10.4 Å². The van der Waals surface area contributed by atoms with Crippen LogP contribution in [-0.4, -0.2) is 17.2 Å². The maximum absolute atomic E-state index is 13.5. The second-order valence-corrected chi connectivity index (χ2v) is 5.24. The van der Waals surface area contributed by atoms with Crippen LogP contribution in [0, 0.1) is 17.7 Å². The molecular formula is C14H15F4NO2. The lowest BCUT2D eigenvalue weighted by atomic mass is 9.81. The van der Waals surface area contributed by atoms with Crippen LogP contribution in [0.4, 0.5) is 23.2 Å². The van der Waals surface area contributed by atoms with Crippen molar-refractivity contribution in [2.45, 2.75) is 31.9 Å². The first kappa shape index (κ1) is 15.6. The van der Waals surface area contributed by atoms with Gasteiger partial charge in [0.15, 0.2) is 0 Å². The number of hydrogen-bond donors (Lipinski definition) is 2. The summed E-state index contributed by atoms with van der Waals surface area (Å²) in [6.45, 7) is 0. The lowest BCUT2D eigenvalue weighted by Gasteiger charge is -2.29. The molecular weight excluding hydrogens is 290 g/mol. The van der Waals surface area contributed by atoms with E-state index in [0.717, 1.165) is 6.07 Å². The summed E-state index contributed by atoms with van der Waals surface area (Å²) in [6.07, 6.45) is -4.12. The Morgan fingerprint density at radius 3 is 2.33 bits per heavy atom. The molecule has 1 amide bonds. The van der Waals surface area contributed by atoms with Crippen molar-refractivity contribution in [2.24, 2.45) is 11.8 Å². The maximum atomic E-state index is 13.5. The second-order valence-electron chi connectivity index (χ2n) is 5.24. The summed E-state index contributed by atoms with van der Waals surface area (Å²) in [5.41, 5.74) is -0.0873. The van der Waals surface area contributed by atoms with E-state index in [2.05, 4.69) is 5.32 Å². The number of nitrogens with one attached hydrogen (secondary N) is 1. The predicted octanol–water partition coefficient (Wildman–Crippen LogP) is 3.84. The zero-order valence-corrected chi connectivity index (χ0v) is 11.1. The Hall–Kier alpha value is -1.79. The minimum atomic E-state index is -4.22. The Morgan fingerprint density at radius 1 is 1.19 bits per heavy atom. The zero-order valence-electron chi connectivity index (χ0n) is 11.1. The number of carbonyl (C=O) groups excluding carboxylic acids is 1. The molecule has 2 N–H and O–H groups in total. The minimum Gasteiger partial charge on any atom is -0.508 e. The summed E-state index contributed by atoms with van der Waals surface area (Å²) in [4.78, 5) is 11.9. The van der Waals surface area contributed by atoms with Gasteiger partial charge in [-0.1, -0.05) is 0 Å². The fraction of sp³-hybridized carbons (Fsp3) is 0.500. The molecule has 1 saturated carbocycles. The van der Waals surface area contributed by atoms with Crippen molar-refractivity contribution in [3.05, 3.63) is 24.0 Å². The molecule has 21 heavy (non-hydrogen) atoms. The average Bonchev–Trinajstić information content (AvgIpc) is 2.41. The van der Waals surface area contributed by atoms with E-state index in [1.165, 1.54) is 12.1 Å². The lowest BCUT2D eigenvalue weighted by Crippen LogP contribution is -2.32. The molecule has 0 unspecified atom stereocenters. The van der Waals surface area contributed by atoms with Gasteiger partial charge in [-0.05, 0) is 37.8 Å². The van der Waals surface area contributed by atoms with Crippen molar-refractivity contribution in [1.82, 2.24) is 0 Å². The highest BCUT2D eigenvalue weighted by atomic mass is 19.4. The predicted molar refractivity (Wildman–Crippen MR) is 68.2 cm³/mol. The third kappa shape index (κ3) is 3.86. The topological polar surface area (TPSA) is 49.3 Å². The number of carbonyl (C=O) groups is 1. The third-order valence-electron chi connectivity index (χ3n) is 3.77. The Balaban J connectivity index is 1.93. The van der Waals surface area contributed by atoms with E-state index < -0.39 is 29.7 Å². The molecule has 0 bridgehead atoms. The lowest BCUT2D eigenvalue weighted by molar-refractivity contribution is -0.184. The number of benzene rings is 1. The molecule has 7 heteroatoms. The van der Waals surface area contributed by atoms with Gasteiger partial charge in [-0.2, -0.15) is 13.2 Å². The van der Waals surface area contributed by atoms with Crippen LogP contribution in [0.2, 0.25) is 0 Å². The van der Waals surface area contributed by atoms with E-state index in [9.17, 15) is 22.4 Å². The molecule has 1 aliphatic rings. The number of alkyl halides is 3. The van der Waals surface area contributed by atoms with Crippen molar-refractivity contribution in [1.29, 1.82) is 0 Å². The minimum absolute atomic E-state index is 0.0837. The number of phenols is 1. The van der Waals surface area contributed by atoms with Crippen molar-refractivity contribution < 1.29 is 27.5 Å². The number of halogens is 4. The highest BCUT2D eigenvalue weighted by Crippen LogP contribution is 2.39. The van der Waals surface area contributed by atoms with Gasteiger partial charge >= 0.3 is 6.18 Å². The molecule has 116 valence electrons. The van der Waals surface area contributed by atoms with E-state index in [1.54, 1.807) is 0 Å². The molecule has 2 rings (SSSR count). The molecule has 0 atom stereocenters. The van der Waals surface area contributed by atoms with Crippen LogP contribution in [0.1, 0.15) is 25.7 Å². The molecule has 0 saturated heterocycles. The van der Waals surface area contributed by atoms with E-state index in [0.29, 0.717) is 0 Å². The van der Waals surface area contributed by atoms with Gasteiger partial charge in [0.1, 0.15) is 11.6 Å². The standard InChI is InChI=1S/C14H15F4NO2/c15-11-7-10(20)5-6-12(11)19-13(21)8-1-3-9(4-2-8)14(16,17)18/h5-9,20H,1-4H2,(H,19,21). The number of amides is 1. The van der Waals surface area contributed by atoms with Gasteiger partial charge in [-0.15, -0.1) is 0 Å². The van der Waals surface area contributed by atoms with Crippen LogP contribution < -0.4 is 5.32 Å². The highest BCUT2D eigenvalue weighted by Gasteiger charge is 2.42. The maximum Gasteiger partial charge on any atom is 0.391 e. The van der Waals surface area contributed by atoms with Crippen molar-refractivity contribution in [2.75, 3.05) is 5.32 Å². The molecule has 0 spiro atoms. The fourth-order valence-electron chi connectivity index (χ4n) is 2.52. The van der Waals surface area contributed by atoms with Gasteiger partial charge in [0.25, 0.3) is 0 Å². The number of rotatable bonds is 2. The van der Waals surface area contributed by atoms with E-state index in [1.807, 2.05) is 0 Å². The highest BCUT2D eigenvalue weighted by molar-refractivity contribution is 5.92. The Kier molecular flexibility index (Phi) is 4.39. The van der Waals surface area contributed by atoms with Crippen LogP contribution in [0.25, 0.3) is 0 Å². The first-order valence-electron chi connectivity index (χ1n) is 6.63. The molecule has 0 aliphatic heterocycles. The van der Waals surface area contributed by atoms with Crippen molar-refractivity contribution in [3.8, 4) is 5.75 Å². The zero-order chi connectivity index (χ0) is 15.6. The molecule has 1 aliphatic carbocycles. The summed E-state index contributed by atoms with van der Waals surface area (Å²) in [5, 5.41) is 11.4. The molecule has 1 fully saturated rings. The van der Waals surface area contributed by atoms with Gasteiger partial charge in [-0.25, -0.2) is 4.39 Å². The molecule has 1 aromatic carbocycles. The summed E-state index contributed by atoms with van der Waals surface area (Å²) >= 11 is 0. The van der Waals surface area contributed by atoms with E-state index in [-0.39, 0.29) is 37.1 Å². The first-order valence-corrected chi connectivity index (χ1v) is 6.63. The molecule has 0 heterocycles. The summed E-state index contributed by atoms with van der Waals surface area (Å²) in [7, 11) is 0. The summed E-state index contributed by atoms with van der Waals surface area (Å²) < 4.78 is 51.1. The van der Waals surface area contributed by atoms with Crippen LogP contribution in [-0.2, 0) is 4.79 Å². The largest absolute Gasteiger partial charge is 0.508 e. The summed E-state index contributed by atoms with van der Waals surface area (Å²) in [6, 6.07) is 3.29. The van der Waals surface area contributed by atoms with Gasteiger partial charge in [0, 0.05) is 12.0 Å². The number of anilines is 1. The van der Waals surface area contributed by atoms with Gasteiger partial charge in [0.05, 0.1) is 11.6 Å². The van der Waals surface area contributed by atoms with Crippen LogP contribution in [0.15, 0.2) is 18.2 Å². The second kappa shape index (κ2) is 5.91. The third-order valence-corrected chi connectivity index (χ3v) is 3.77. The van der Waals surface area contributed by atoms with E-state index in [4.69, 9.17) is 5.11 Å². The molecule has 0 radical (unpaired) electrons. The Labute approximate surface area is 119 Å². The number of hydrogen-bond acceptors (Lipinski definition) is 2. The van der Waals surface area contributed by atoms with Gasteiger partial charge in [0.2, 0.25) is 5.91 Å². The van der Waals surface area contributed by atoms with Gasteiger partial charge in [-0.3, -0.25) is 4.79 Å². The van der Waals surface area contributed by atoms with Crippen LogP contribution in [0.5, 0.6) is 5.75 Å². The number of aromatic hydroxyl groups is 1. The quantitative estimate of drug-likeness (QED) is 0.644. The Bertz CT molecular complexity index is 522. The van der Waals surface area contributed by atoms with Crippen LogP contribution >= 0.6 is 0 Å². The molecule has 1 aromatic rings. The fourth-order valence-corrected chi connectivity index (χ4v) is 2.52. The molecule has 3 nitrogen and oxygen atoms in total. The monoisotopic (exact) mass is 305 g/mol. The number of phenolic OH excluding ortho intramolecular Hbond substituents is 1. The average molecular weight is 305 g/mol. The SMILES string of the molecule is O=C(Nc1ccc(O)cc1F)C1CCC(C(F)(F)F)CC1. The normalized spacial score (nSPS) is 22.9. The van der Waals surface area contributed by atoms with E-state index >= 15 is 0 Å². The van der Waals surface area contributed by atoms with Crippen LogP contribution in [0.3, 0.4) is 0 Å². The first-order chi connectivity index (χ1) is 9.77. The smallest absolute Gasteiger partial charge is 0.391 e. The molecule has 0 aromatic heterocycles. The van der Waals surface area contributed by atoms with Crippen molar-refractivity contribution >= 4 is 11.6 Å². The van der Waals surface area contributed by atoms with Crippen molar-refractivity contribution in [3.63, 3.8) is 0 Å². The summed E-state index contributed by atoms with van der Waals surface area (Å²) in [5.74, 6) is -3.44. The Morgan fingerprint density at radius 2 is 1.81 bits per heavy atom.